The zero-order chi connectivity index (χ0) is 17.0. The Kier molecular flexibility index (Phi) is 4.77. The largest absolute Gasteiger partial charge is 0.485 e. The predicted octanol–water partition coefficient (Wildman–Crippen LogP) is 3.66. The van der Waals surface area contributed by atoms with Crippen LogP contribution >= 0.6 is 11.3 Å². The Morgan fingerprint density at radius 3 is 2.75 bits per heavy atom. The molecule has 3 rings (SSSR count). The van der Waals surface area contributed by atoms with Crippen molar-refractivity contribution in [3.63, 3.8) is 0 Å². The fraction of sp³-hybridized carbons (Fsp3) is 0.0625. The van der Waals surface area contributed by atoms with Gasteiger partial charge in [0.2, 0.25) is 0 Å². The summed E-state index contributed by atoms with van der Waals surface area (Å²) in [6.45, 7) is 0.224. The van der Waals surface area contributed by atoms with Gasteiger partial charge in [-0.05, 0) is 30.3 Å². The second-order valence-corrected chi connectivity index (χ2v) is 7.23. The van der Waals surface area contributed by atoms with Crippen molar-refractivity contribution in [2.45, 2.75) is 11.5 Å². The molecular weight excluding hydrogens is 351 g/mol. The first kappa shape index (κ1) is 16.4. The second-order valence-electron chi connectivity index (χ2n) is 4.83. The van der Waals surface area contributed by atoms with Gasteiger partial charge in [0.15, 0.2) is 0 Å². The number of hydrogen-bond donors (Lipinski definition) is 1. The van der Waals surface area contributed by atoms with Gasteiger partial charge in [0.25, 0.3) is 10.0 Å². The summed E-state index contributed by atoms with van der Waals surface area (Å²) < 4.78 is 46.1. The Morgan fingerprint density at radius 2 is 2.00 bits per heavy atom. The number of aromatic nitrogens is 1. The molecule has 1 aromatic heterocycles. The standard InChI is InChI=1S/C16H13FN2O3S2/c17-12-4-3-5-14(8-12)24(20,21)19-15-6-1-2-7-16(15)22-9-13-10-23-11-18-13/h1-8,10-11,19H,9H2. The topological polar surface area (TPSA) is 68.3 Å². The number of rotatable bonds is 6. The number of ether oxygens (including phenoxy) is 1. The van der Waals surface area contributed by atoms with Gasteiger partial charge in [-0.25, -0.2) is 17.8 Å². The summed E-state index contributed by atoms with van der Waals surface area (Å²) in [4.78, 5) is 3.95. The Hall–Kier alpha value is -2.45. The van der Waals surface area contributed by atoms with Crippen LogP contribution < -0.4 is 9.46 Å². The molecule has 0 aliphatic heterocycles. The van der Waals surface area contributed by atoms with E-state index < -0.39 is 15.8 Å². The molecule has 2 aromatic carbocycles. The highest BCUT2D eigenvalue weighted by atomic mass is 32.2. The SMILES string of the molecule is O=S(=O)(Nc1ccccc1OCc1cscn1)c1cccc(F)c1. The molecule has 24 heavy (non-hydrogen) atoms. The fourth-order valence-electron chi connectivity index (χ4n) is 1.98. The molecule has 0 fully saturated rings. The number of thiazole rings is 1. The van der Waals surface area contributed by atoms with Crippen LogP contribution in [0.5, 0.6) is 5.75 Å². The lowest BCUT2D eigenvalue weighted by molar-refractivity contribution is 0.304. The third-order valence-corrected chi connectivity index (χ3v) is 5.10. The maximum absolute atomic E-state index is 13.3. The van der Waals surface area contributed by atoms with Crippen molar-refractivity contribution in [3.8, 4) is 5.75 Å². The number of hydrogen-bond acceptors (Lipinski definition) is 5. The van der Waals surface area contributed by atoms with Crippen molar-refractivity contribution in [2.24, 2.45) is 0 Å². The highest BCUT2D eigenvalue weighted by Gasteiger charge is 2.17. The number of benzene rings is 2. The minimum Gasteiger partial charge on any atom is -0.485 e. The van der Waals surface area contributed by atoms with E-state index in [1.54, 1.807) is 29.8 Å². The smallest absolute Gasteiger partial charge is 0.262 e. The molecule has 0 unspecified atom stereocenters. The summed E-state index contributed by atoms with van der Waals surface area (Å²) in [5.74, 6) is -0.253. The first-order chi connectivity index (χ1) is 11.5. The average Bonchev–Trinajstić information content (AvgIpc) is 3.07. The van der Waals surface area contributed by atoms with E-state index >= 15 is 0 Å². The molecule has 0 aliphatic rings. The van der Waals surface area contributed by atoms with Crippen LogP contribution in [0.25, 0.3) is 0 Å². The van der Waals surface area contributed by atoms with Crippen molar-refractivity contribution >= 4 is 27.0 Å². The highest BCUT2D eigenvalue weighted by molar-refractivity contribution is 7.92. The molecule has 0 radical (unpaired) electrons. The Balaban J connectivity index is 1.82. The van der Waals surface area contributed by atoms with Crippen molar-refractivity contribution in [2.75, 3.05) is 4.72 Å². The van der Waals surface area contributed by atoms with E-state index in [1.807, 2.05) is 5.38 Å². The number of anilines is 1. The molecule has 1 N–H and O–H groups in total. The first-order valence-electron chi connectivity index (χ1n) is 6.92. The summed E-state index contributed by atoms with van der Waals surface area (Å²) in [6, 6.07) is 11.4. The lowest BCUT2D eigenvalue weighted by Gasteiger charge is -2.13. The second kappa shape index (κ2) is 6.98. The maximum Gasteiger partial charge on any atom is 0.262 e. The van der Waals surface area contributed by atoms with E-state index in [1.165, 1.54) is 29.5 Å². The first-order valence-corrected chi connectivity index (χ1v) is 9.34. The number of nitrogens with one attached hydrogen (secondary N) is 1. The normalized spacial score (nSPS) is 11.2. The number of nitrogens with zero attached hydrogens (tertiary/aromatic N) is 1. The van der Waals surface area contributed by atoms with E-state index in [9.17, 15) is 12.8 Å². The Morgan fingerprint density at radius 1 is 1.17 bits per heavy atom. The van der Waals surface area contributed by atoms with E-state index in [-0.39, 0.29) is 17.2 Å². The van der Waals surface area contributed by atoms with Crippen LogP contribution in [0.3, 0.4) is 0 Å². The van der Waals surface area contributed by atoms with Crippen LogP contribution in [0, 0.1) is 5.82 Å². The molecule has 3 aromatic rings. The summed E-state index contributed by atoms with van der Waals surface area (Å²) in [5, 5.41) is 1.85. The molecule has 0 atom stereocenters. The van der Waals surface area contributed by atoms with Crippen LogP contribution in [0.2, 0.25) is 0 Å². The van der Waals surface area contributed by atoms with Gasteiger partial charge >= 0.3 is 0 Å². The fourth-order valence-corrected chi connectivity index (χ4v) is 3.62. The van der Waals surface area contributed by atoms with Gasteiger partial charge in [-0.15, -0.1) is 11.3 Å². The Labute approximate surface area is 142 Å². The number of halogens is 1. The monoisotopic (exact) mass is 364 g/mol. The van der Waals surface area contributed by atoms with Gasteiger partial charge in [0.05, 0.1) is 21.8 Å². The molecule has 0 bridgehead atoms. The molecule has 8 heteroatoms. The van der Waals surface area contributed by atoms with Crippen molar-refractivity contribution in [1.82, 2.24) is 4.98 Å². The van der Waals surface area contributed by atoms with Crippen molar-refractivity contribution in [3.05, 3.63) is 70.9 Å². The van der Waals surface area contributed by atoms with E-state index in [4.69, 9.17) is 4.74 Å². The van der Waals surface area contributed by atoms with Gasteiger partial charge in [0, 0.05) is 5.38 Å². The summed E-state index contributed by atoms with van der Waals surface area (Å²) in [6.07, 6.45) is 0. The average molecular weight is 364 g/mol. The van der Waals surface area contributed by atoms with Gasteiger partial charge in [0.1, 0.15) is 18.2 Å². The van der Waals surface area contributed by atoms with E-state index in [0.29, 0.717) is 5.75 Å². The molecule has 0 spiro atoms. The molecule has 0 amide bonds. The molecule has 124 valence electrons. The van der Waals surface area contributed by atoms with Crippen molar-refractivity contribution < 1.29 is 17.5 Å². The summed E-state index contributed by atoms with van der Waals surface area (Å²) in [7, 11) is -3.91. The minimum absolute atomic E-state index is 0.156. The van der Waals surface area contributed by atoms with Crippen LogP contribution in [0.4, 0.5) is 10.1 Å². The van der Waals surface area contributed by atoms with Gasteiger partial charge in [-0.1, -0.05) is 18.2 Å². The summed E-state index contributed by atoms with van der Waals surface area (Å²) >= 11 is 1.45. The third kappa shape index (κ3) is 3.90. The van der Waals surface area contributed by atoms with Crippen LogP contribution in [0.1, 0.15) is 5.69 Å². The molecule has 0 aliphatic carbocycles. The molecule has 1 heterocycles. The molecular formula is C16H13FN2O3S2. The van der Waals surface area contributed by atoms with Crippen molar-refractivity contribution in [1.29, 1.82) is 0 Å². The number of para-hydroxylation sites is 2. The van der Waals surface area contributed by atoms with E-state index in [0.717, 1.165) is 11.8 Å². The zero-order valence-corrected chi connectivity index (χ0v) is 14.0. The van der Waals surface area contributed by atoms with Crippen LogP contribution in [-0.2, 0) is 16.6 Å². The van der Waals surface area contributed by atoms with Gasteiger partial charge in [-0.3, -0.25) is 4.72 Å². The lowest BCUT2D eigenvalue weighted by atomic mass is 10.3. The molecule has 0 saturated heterocycles. The predicted molar refractivity (Wildman–Crippen MR) is 90.1 cm³/mol. The highest BCUT2D eigenvalue weighted by Crippen LogP contribution is 2.27. The van der Waals surface area contributed by atoms with Gasteiger partial charge < -0.3 is 4.74 Å². The van der Waals surface area contributed by atoms with Crippen LogP contribution in [0.15, 0.2) is 64.3 Å². The lowest BCUT2D eigenvalue weighted by Crippen LogP contribution is -2.14. The quantitative estimate of drug-likeness (QED) is 0.725. The molecule has 5 nitrogen and oxygen atoms in total. The number of sulfonamides is 1. The summed E-state index contributed by atoms with van der Waals surface area (Å²) in [5.41, 5.74) is 2.72. The molecule has 0 saturated carbocycles. The third-order valence-electron chi connectivity index (χ3n) is 3.10. The minimum atomic E-state index is -3.91. The van der Waals surface area contributed by atoms with Crippen LogP contribution in [-0.4, -0.2) is 13.4 Å². The zero-order valence-electron chi connectivity index (χ0n) is 12.3. The van der Waals surface area contributed by atoms with Gasteiger partial charge in [-0.2, -0.15) is 0 Å². The maximum atomic E-state index is 13.3. The van der Waals surface area contributed by atoms with E-state index in [2.05, 4.69) is 9.71 Å². The Bertz CT molecular complexity index is 928.